The highest BCUT2D eigenvalue weighted by atomic mass is 14.9. The van der Waals surface area contributed by atoms with E-state index in [2.05, 4.69) is 42.5 Å². The molecule has 0 atom stereocenters. The predicted molar refractivity (Wildman–Crippen MR) is 162 cm³/mol. The normalized spacial score (nSPS) is 12.2. The lowest BCUT2D eigenvalue weighted by atomic mass is 10.0. The molecule has 6 aromatic rings. The number of hydrogen-bond donors (Lipinski definition) is 0. The molecule has 0 aliphatic heterocycles. The van der Waals surface area contributed by atoms with E-state index in [4.69, 9.17) is 19.9 Å². The van der Waals surface area contributed by atoms with E-state index in [0.29, 0.717) is 11.6 Å². The number of aromatic nitrogens is 4. The fourth-order valence-corrected chi connectivity index (χ4v) is 4.58. The molecule has 0 N–H and O–H groups in total. The third kappa shape index (κ3) is 5.13. The second kappa shape index (κ2) is 11.0. The van der Waals surface area contributed by atoms with Crippen LogP contribution in [0.4, 0.5) is 0 Å². The van der Waals surface area contributed by atoms with Crippen LogP contribution in [0.2, 0.25) is 0 Å². The van der Waals surface area contributed by atoms with Gasteiger partial charge in [-0.05, 0) is 24.6 Å². The fourth-order valence-electron chi connectivity index (χ4n) is 4.58. The molecule has 0 amide bonds. The monoisotopic (exact) mass is 502 g/mol. The summed E-state index contributed by atoms with van der Waals surface area (Å²) in [5.41, 5.74) is 6.63. The van der Waals surface area contributed by atoms with Crippen LogP contribution in [0.25, 0.3) is 56.1 Å². The van der Waals surface area contributed by atoms with Crippen molar-refractivity contribution in [1.82, 2.24) is 19.9 Å². The quantitative estimate of drug-likeness (QED) is 0.169. The number of fused-ring (bicyclic) bond motifs is 3. The van der Waals surface area contributed by atoms with Gasteiger partial charge in [0.1, 0.15) is 0 Å². The Morgan fingerprint density at radius 1 is 0.667 bits per heavy atom. The van der Waals surface area contributed by atoms with Crippen LogP contribution in [-0.4, -0.2) is 19.9 Å². The summed E-state index contributed by atoms with van der Waals surface area (Å²) in [5.74, 6) is 1.34. The number of rotatable bonds is 6. The highest BCUT2D eigenvalue weighted by Crippen LogP contribution is 2.32. The van der Waals surface area contributed by atoms with Crippen LogP contribution in [0.1, 0.15) is 18.3 Å². The maximum atomic E-state index is 5.09. The molecule has 0 aliphatic carbocycles. The molecule has 0 radical (unpaired) electrons. The van der Waals surface area contributed by atoms with Gasteiger partial charge in [0.15, 0.2) is 11.6 Å². The van der Waals surface area contributed by atoms with Gasteiger partial charge in [-0.2, -0.15) is 0 Å². The summed E-state index contributed by atoms with van der Waals surface area (Å²) in [5, 5.41) is 1.86. The highest BCUT2D eigenvalue weighted by molar-refractivity contribution is 6.08. The molecule has 4 heteroatoms. The Bertz CT molecular complexity index is 1840. The Labute approximate surface area is 227 Å². The number of allylic oxidation sites excluding steroid dienone is 5. The van der Waals surface area contributed by atoms with E-state index in [-0.39, 0.29) is 0 Å². The number of hydrogen-bond acceptors (Lipinski definition) is 4. The molecule has 4 nitrogen and oxygen atoms in total. The predicted octanol–water partition coefficient (Wildman–Crippen LogP) is 8.58. The Morgan fingerprint density at radius 2 is 1.36 bits per heavy atom. The van der Waals surface area contributed by atoms with Crippen LogP contribution in [0.5, 0.6) is 0 Å². The molecular formula is C35H26N4. The molecule has 6 rings (SSSR count). The molecule has 0 saturated heterocycles. The molecular weight excluding hydrogens is 476 g/mol. The van der Waals surface area contributed by atoms with E-state index in [9.17, 15) is 0 Å². The topological polar surface area (TPSA) is 51.6 Å². The highest BCUT2D eigenvalue weighted by Gasteiger charge is 2.15. The van der Waals surface area contributed by atoms with Gasteiger partial charge in [-0.15, -0.1) is 0 Å². The van der Waals surface area contributed by atoms with Gasteiger partial charge >= 0.3 is 0 Å². The van der Waals surface area contributed by atoms with Crippen molar-refractivity contribution in [2.45, 2.75) is 6.92 Å². The third-order valence-electron chi connectivity index (χ3n) is 6.47. The summed E-state index contributed by atoms with van der Waals surface area (Å²) in [6.45, 7) is 2.00. The van der Waals surface area contributed by atoms with Gasteiger partial charge in [0.25, 0.3) is 0 Å². The fraction of sp³-hybridized carbons (Fsp3) is 0.0286. The Morgan fingerprint density at radius 3 is 2.08 bits per heavy atom. The zero-order valence-electron chi connectivity index (χ0n) is 21.6. The van der Waals surface area contributed by atoms with Gasteiger partial charge in [0.2, 0.25) is 0 Å². The lowest BCUT2D eigenvalue weighted by Crippen LogP contribution is -1.99. The van der Waals surface area contributed by atoms with Crippen LogP contribution >= 0.6 is 0 Å². The van der Waals surface area contributed by atoms with Crippen LogP contribution in [0, 0.1) is 0 Å². The first-order valence-corrected chi connectivity index (χ1v) is 12.9. The first kappa shape index (κ1) is 24.1. The van der Waals surface area contributed by atoms with Crippen LogP contribution in [-0.2, 0) is 0 Å². The Balaban J connectivity index is 1.55. The van der Waals surface area contributed by atoms with Crippen molar-refractivity contribution in [3.05, 3.63) is 145 Å². The molecule has 0 spiro atoms. The van der Waals surface area contributed by atoms with E-state index < -0.39 is 0 Å². The minimum absolute atomic E-state index is 0.650. The molecule has 0 saturated carbocycles. The van der Waals surface area contributed by atoms with Crippen LogP contribution in [0.3, 0.4) is 0 Å². The van der Waals surface area contributed by atoms with Crippen molar-refractivity contribution in [2.24, 2.45) is 0 Å². The third-order valence-corrected chi connectivity index (χ3v) is 6.47. The lowest BCUT2D eigenvalue weighted by molar-refractivity contribution is 1.17. The smallest absolute Gasteiger partial charge is 0.160 e. The Kier molecular flexibility index (Phi) is 6.83. The van der Waals surface area contributed by atoms with Gasteiger partial charge in [0.05, 0.1) is 16.7 Å². The standard InChI is InChI=1S/C35H26N4/c1-2-13-27(21-12-16-25-14-6-3-7-15-25)35-38-32(26-17-8-4-9-18-26)29-22-23-31-30(33(29)39-35)24-36-34(37-31)28-19-10-5-11-20-28/h2-24H,1H3/b13-2-,16-12+,27-21+. The number of benzene rings is 4. The van der Waals surface area contributed by atoms with Crippen molar-refractivity contribution >= 4 is 33.5 Å². The van der Waals surface area contributed by atoms with Crippen molar-refractivity contribution < 1.29 is 0 Å². The molecule has 2 heterocycles. The summed E-state index contributed by atoms with van der Waals surface area (Å²) in [7, 11) is 0. The molecule has 186 valence electrons. The van der Waals surface area contributed by atoms with Crippen molar-refractivity contribution in [3.63, 3.8) is 0 Å². The summed E-state index contributed by atoms with van der Waals surface area (Å²) in [6, 6.07) is 34.6. The first-order chi connectivity index (χ1) is 19.3. The molecule has 2 aromatic heterocycles. The molecule has 0 aliphatic rings. The zero-order valence-corrected chi connectivity index (χ0v) is 21.6. The zero-order chi connectivity index (χ0) is 26.4. The molecule has 39 heavy (non-hydrogen) atoms. The summed E-state index contributed by atoms with van der Waals surface area (Å²) in [6.07, 6.45) is 12.1. The van der Waals surface area contributed by atoms with Crippen molar-refractivity contribution in [1.29, 1.82) is 0 Å². The number of nitrogens with zero attached hydrogens (tertiary/aromatic N) is 4. The summed E-state index contributed by atoms with van der Waals surface area (Å²) < 4.78 is 0. The molecule has 4 aromatic carbocycles. The van der Waals surface area contributed by atoms with Gasteiger partial charge in [-0.1, -0.05) is 121 Å². The van der Waals surface area contributed by atoms with Crippen LogP contribution < -0.4 is 0 Å². The van der Waals surface area contributed by atoms with Gasteiger partial charge in [-0.3, -0.25) is 0 Å². The van der Waals surface area contributed by atoms with E-state index in [1.165, 1.54) is 0 Å². The van der Waals surface area contributed by atoms with Gasteiger partial charge in [0, 0.05) is 33.7 Å². The largest absolute Gasteiger partial charge is 0.236 e. The minimum Gasteiger partial charge on any atom is -0.236 e. The maximum Gasteiger partial charge on any atom is 0.160 e. The molecule has 0 fully saturated rings. The average molecular weight is 503 g/mol. The maximum absolute atomic E-state index is 5.09. The van der Waals surface area contributed by atoms with E-state index in [0.717, 1.165) is 49.8 Å². The molecule has 0 bridgehead atoms. The summed E-state index contributed by atoms with van der Waals surface area (Å²) >= 11 is 0. The second-order valence-corrected chi connectivity index (χ2v) is 9.11. The van der Waals surface area contributed by atoms with Crippen molar-refractivity contribution in [3.8, 4) is 22.6 Å². The van der Waals surface area contributed by atoms with E-state index >= 15 is 0 Å². The van der Waals surface area contributed by atoms with Crippen molar-refractivity contribution in [2.75, 3.05) is 0 Å². The average Bonchev–Trinajstić information content (AvgIpc) is 3.01. The SMILES string of the molecule is C\C=C/C(=C\C=C\c1ccccc1)c1nc(-c2ccccc2)c2ccc3nc(-c4ccccc4)ncc3c2n1. The first-order valence-electron chi connectivity index (χ1n) is 12.9. The van der Waals surface area contributed by atoms with E-state index in [1.54, 1.807) is 0 Å². The summed E-state index contributed by atoms with van der Waals surface area (Å²) in [4.78, 5) is 19.8. The second-order valence-electron chi connectivity index (χ2n) is 9.11. The van der Waals surface area contributed by atoms with Gasteiger partial charge < -0.3 is 0 Å². The molecule has 0 unspecified atom stereocenters. The minimum atomic E-state index is 0.650. The van der Waals surface area contributed by atoms with Gasteiger partial charge in [-0.25, -0.2) is 19.9 Å². The Hall–Kier alpha value is -5.22. The van der Waals surface area contributed by atoms with E-state index in [1.807, 2.05) is 104 Å². The lowest BCUT2D eigenvalue weighted by Gasteiger charge is -2.12. The van der Waals surface area contributed by atoms with Crippen LogP contribution in [0.15, 0.2) is 134 Å².